The lowest BCUT2D eigenvalue weighted by Crippen LogP contribution is -2.30. The molecule has 5 unspecified atom stereocenters. The maximum Gasteiger partial charge on any atom is 0.472 e. The molecule has 5 atom stereocenters. The van der Waals surface area contributed by atoms with E-state index in [1.165, 1.54) is 0 Å². The molecule has 0 aliphatic carbocycles. The molecule has 0 aliphatic rings. The molecule has 0 saturated heterocycles. The van der Waals surface area contributed by atoms with Crippen LogP contribution in [0, 0.1) is 0 Å². The van der Waals surface area contributed by atoms with Crippen molar-refractivity contribution in [3.8, 4) is 0 Å². The van der Waals surface area contributed by atoms with Crippen LogP contribution >= 0.6 is 15.6 Å². The Kier molecular flexibility index (Phi) is 64.1. The summed E-state index contributed by atoms with van der Waals surface area (Å²) >= 11 is 0. The predicted molar refractivity (Wildman–Crippen MR) is 380 cm³/mol. The molecule has 0 saturated carbocycles. The monoisotopic (exact) mass is 1340 g/mol. The first-order chi connectivity index (χ1) is 45.2. The minimum atomic E-state index is -4.94. The van der Waals surface area contributed by atoms with Crippen LogP contribution in [-0.2, 0) is 55.8 Å². The zero-order valence-corrected chi connectivity index (χ0v) is 59.2. The highest BCUT2D eigenvalue weighted by Crippen LogP contribution is 2.45. The third-order valence-corrected chi connectivity index (χ3v) is 15.9. The van der Waals surface area contributed by atoms with Crippen LogP contribution in [0.2, 0.25) is 0 Å². The fourth-order valence-corrected chi connectivity index (χ4v) is 10.3. The van der Waals surface area contributed by atoms with Gasteiger partial charge in [0, 0.05) is 19.3 Å². The molecule has 16 nitrogen and oxygen atoms in total. The molecule has 0 aromatic carbocycles. The molecule has 18 heteroatoms. The molecule has 0 bridgehead atoms. The second-order valence-corrected chi connectivity index (χ2v) is 25.8. The van der Waals surface area contributed by atoms with Crippen molar-refractivity contribution >= 4 is 33.6 Å². The minimum Gasteiger partial charge on any atom is -0.463 e. The average Bonchev–Trinajstić information content (AvgIpc) is 3.74. The van der Waals surface area contributed by atoms with E-state index in [2.05, 4.69) is 167 Å². The van der Waals surface area contributed by atoms with Gasteiger partial charge in [-0.15, -0.1) is 0 Å². The number of aliphatic hydroxyl groups is 2. The van der Waals surface area contributed by atoms with Crippen molar-refractivity contribution in [2.24, 2.45) is 0 Å². The zero-order valence-electron chi connectivity index (χ0n) is 57.4. The van der Waals surface area contributed by atoms with E-state index in [4.69, 9.17) is 32.3 Å². The van der Waals surface area contributed by atoms with Crippen molar-refractivity contribution in [1.29, 1.82) is 0 Å². The zero-order chi connectivity index (χ0) is 68.1. The van der Waals surface area contributed by atoms with Crippen molar-refractivity contribution in [2.45, 2.75) is 270 Å². The number of carbonyl (C=O) groups is 3. The van der Waals surface area contributed by atoms with Gasteiger partial charge in [-0.2, -0.15) is 0 Å². The lowest BCUT2D eigenvalue weighted by atomic mass is 10.1. The van der Waals surface area contributed by atoms with Crippen LogP contribution in [0.3, 0.4) is 0 Å². The van der Waals surface area contributed by atoms with Crippen LogP contribution in [0.4, 0.5) is 0 Å². The smallest absolute Gasteiger partial charge is 0.463 e. The number of phosphoric ester groups is 2. The van der Waals surface area contributed by atoms with Gasteiger partial charge >= 0.3 is 33.6 Å². The van der Waals surface area contributed by atoms with Crippen molar-refractivity contribution in [2.75, 3.05) is 39.6 Å². The van der Waals surface area contributed by atoms with Crippen molar-refractivity contribution in [1.82, 2.24) is 0 Å². The standard InChI is InChI=1S/C75H124O16P2/c1-4-7-10-13-16-19-22-25-27-29-31-32-33-34-35-36-38-40-41-44-46-49-52-55-58-61-73(78)85-64-70(76)65-87-92(81,82)88-66-71(77)67-89-93(83,84)90-69-72(91-75(80)63-60-57-54-51-48-43-24-21-18-15-12-9-6-3)68-86-74(79)62-59-56-53-50-47-45-42-39-37-30-28-26-23-20-17-14-11-8-5-2/h7-8,10-12,15-17,19-21,24-28,31-32,34-35,37-40,70-72,76-77H,4-6,9,13-14,18,22-23,29-30,33,36,41-69H2,1-3H3,(H,81,82)(H,83,84)/b10-7-,11-8-,15-12-,19-16-,20-17-,24-21-,27-25-,28-26-,32-31-,35-34-,39-37-,40-38-. The Bertz CT molecular complexity index is 2280. The van der Waals surface area contributed by atoms with E-state index < -0.39 is 91.5 Å². The maximum atomic E-state index is 12.9. The Hall–Kier alpha value is -4.57. The molecule has 0 aliphatic heterocycles. The maximum absolute atomic E-state index is 12.9. The number of phosphoric acid groups is 2. The molecule has 0 amide bonds. The summed E-state index contributed by atoms with van der Waals surface area (Å²) in [6.45, 7) is 2.30. The van der Waals surface area contributed by atoms with E-state index in [0.717, 1.165) is 193 Å². The summed E-state index contributed by atoms with van der Waals surface area (Å²) in [4.78, 5) is 58.4. The number of allylic oxidation sites excluding steroid dienone is 24. The third-order valence-electron chi connectivity index (χ3n) is 14.0. The fraction of sp³-hybridized carbons (Fsp3) is 0.640. The largest absolute Gasteiger partial charge is 0.472 e. The van der Waals surface area contributed by atoms with Crippen LogP contribution in [0.5, 0.6) is 0 Å². The molecule has 0 aromatic rings. The van der Waals surface area contributed by atoms with E-state index >= 15 is 0 Å². The lowest BCUT2D eigenvalue weighted by molar-refractivity contribution is -0.161. The first-order valence-corrected chi connectivity index (χ1v) is 38.1. The van der Waals surface area contributed by atoms with Gasteiger partial charge < -0.3 is 34.2 Å². The number of hydrogen-bond donors (Lipinski definition) is 4. The number of rotatable bonds is 65. The van der Waals surface area contributed by atoms with Crippen LogP contribution < -0.4 is 0 Å². The highest BCUT2D eigenvalue weighted by molar-refractivity contribution is 7.47. The molecule has 0 heterocycles. The molecule has 93 heavy (non-hydrogen) atoms. The van der Waals surface area contributed by atoms with E-state index in [-0.39, 0.29) is 19.3 Å². The number of unbranched alkanes of at least 4 members (excludes halogenated alkanes) is 18. The topological polar surface area (TPSA) is 231 Å². The van der Waals surface area contributed by atoms with Crippen LogP contribution in [0.1, 0.15) is 252 Å². The average molecular weight is 1340 g/mol. The molecular weight excluding hydrogens is 1220 g/mol. The normalized spacial score (nSPS) is 15.0. The lowest BCUT2D eigenvalue weighted by Gasteiger charge is -2.21. The summed E-state index contributed by atoms with van der Waals surface area (Å²) in [6.07, 6.45) is 80.4. The van der Waals surface area contributed by atoms with E-state index in [9.17, 15) is 43.5 Å². The molecule has 0 spiro atoms. The number of carbonyl (C=O) groups excluding carboxylic acids is 3. The van der Waals surface area contributed by atoms with Crippen molar-refractivity contribution < 1.29 is 75.8 Å². The molecule has 530 valence electrons. The van der Waals surface area contributed by atoms with Crippen molar-refractivity contribution in [3.63, 3.8) is 0 Å². The molecular formula is C75H124O16P2. The summed E-state index contributed by atoms with van der Waals surface area (Å²) in [5.41, 5.74) is 0. The van der Waals surface area contributed by atoms with Gasteiger partial charge in [-0.1, -0.05) is 244 Å². The molecule has 0 radical (unpaired) electrons. The Morgan fingerprint density at radius 3 is 0.903 bits per heavy atom. The summed E-state index contributed by atoms with van der Waals surface area (Å²) in [5.74, 6) is -1.63. The highest BCUT2D eigenvalue weighted by Gasteiger charge is 2.29. The van der Waals surface area contributed by atoms with Crippen LogP contribution in [0.15, 0.2) is 146 Å². The highest BCUT2D eigenvalue weighted by atomic mass is 31.2. The van der Waals surface area contributed by atoms with Gasteiger partial charge in [0.1, 0.15) is 25.4 Å². The van der Waals surface area contributed by atoms with Gasteiger partial charge in [0.05, 0.1) is 26.4 Å². The molecule has 4 N–H and O–H groups in total. The Morgan fingerprint density at radius 2 is 0.570 bits per heavy atom. The number of aliphatic hydroxyl groups excluding tert-OH is 2. The summed E-state index contributed by atoms with van der Waals surface area (Å²) in [6, 6.07) is 0. The van der Waals surface area contributed by atoms with Gasteiger partial charge in [-0.25, -0.2) is 9.13 Å². The number of ether oxygens (including phenoxy) is 3. The van der Waals surface area contributed by atoms with E-state index in [0.29, 0.717) is 19.3 Å². The van der Waals surface area contributed by atoms with E-state index in [1.807, 2.05) is 0 Å². The van der Waals surface area contributed by atoms with Gasteiger partial charge in [0.2, 0.25) is 0 Å². The Labute approximate surface area is 562 Å². The second-order valence-electron chi connectivity index (χ2n) is 22.9. The quantitative estimate of drug-likeness (QED) is 0.0146. The molecule has 0 rings (SSSR count). The van der Waals surface area contributed by atoms with Gasteiger partial charge in [0.15, 0.2) is 6.10 Å². The van der Waals surface area contributed by atoms with E-state index in [1.54, 1.807) is 0 Å². The number of esters is 3. The summed E-state index contributed by atoms with van der Waals surface area (Å²) in [7, 11) is -9.80. The minimum absolute atomic E-state index is 0.0804. The van der Waals surface area contributed by atoms with Crippen LogP contribution in [-0.4, -0.2) is 95.9 Å². The van der Waals surface area contributed by atoms with Crippen molar-refractivity contribution in [3.05, 3.63) is 146 Å². The second kappa shape index (κ2) is 67.4. The van der Waals surface area contributed by atoms with Gasteiger partial charge in [-0.3, -0.25) is 32.5 Å². The fourth-order valence-electron chi connectivity index (χ4n) is 8.72. The molecule has 0 aromatic heterocycles. The summed E-state index contributed by atoms with van der Waals surface area (Å²) < 4.78 is 60.9. The SMILES string of the molecule is CC/C=C\C/C=C\C/C=C\C/C=C\C/C=C\C/C=C\CCCCCCCCC(=O)OCC(O)COP(=O)(O)OCC(O)COP(=O)(O)OCC(COC(=O)CCCCCCCC/C=C\C/C=C\C/C=C\C/C=C\CC)OC(=O)CCCCCCC/C=C\C/C=C\CCC. The first kappa shape index (κ1) is 88.4. The van der Waals surface area contributed by atoms with Gasteiger partial charge in [-0.05, 0) is 135 Å². The van der Waals surface area contributed by atoms with Gasteiger partial charge in [0.25, 0.3) is 0 Å². The predicted octanol–water partition coefficient (Wildman–Crippen LogP) is 19.8. The molecule has 0 fully saturated rings. The summed E-state index contributed by atoms with van der Waals surface area (Å²) in [5, 5.41) is 20.6. The van der Waals surface area contributed by atoms with Crippen LogP contribution in [0.25, 0.3) is 0 Å². The first-order valence-electron chi connectivity index (χ1n) is 35.1. The Balaban J connectivity index is 4.62. The Morgan fingerprint density at radius 1 is 0.312 bits per heavy atom. The third kappa shape index (κ3) is 68.6. The number of hydrogen-bond acceptors (Lipinski definition) is 14.